The van der Waals surface area contributed by atoms with Crippen LogP contribution in [0.1, 0.15) is 12.6 Å². The van der Waals surface area contributed by atoms with Crippen LogP contribution in [-0.4, -0.2) is 33.1 Å². The van der Waals surface area contributed by atoms with Crippen LogP contribution in [0.4, 0.5) is 5.69 Å². The summed E-state index contributed by atoms with van der Waals surface area (Å²) in [6.45, 7) is 10.2. The van der Waals surface area contributed by atoms with Crippen molar-refractivity contribution in [1.82, 2.24) is 4.57 Å². The second-order valence-corrected chi connectivity index (χ2v) is 11.5. The highest BCUT2D eigenvalue weighted by Gasteiger charge is 2.21. The number of hydrogen-bond donors (Lipinski definition) is 0. The highest BCUT2D eigenvalue weighted by atomic mass is 28.3. The Morgan fingerprint density at radius 2 is 1.65 bits per heavy atom. The molecule has 124 valence electrons. The average molecular weight is 331 g/mol. The van der Waals surface area contributed by atoms with Gasteiger partial charge < -0.3 is 14.0 Å². The fraction of sp³-hybridized carbons (Fsp3) is 0.389. The minimum atomic E-state index is -1.35. The van der Waals surface area contributed by atoms with E-state index in [4.69, 9.17) is 9.47 Å². The molecule has 0 spiro atoms. The minimum Gasteiger partial charge on any atom is -0.497 e. The summed E-state index contributed by atoms with van der Waals surface area (Å²) in [4.78, 5) is 4.61. The highest BCUT2D eigenvalue weighted by molar-refractivity contribution is 6.88. The van der Waals surface area contributed by atoms with Crippen LogP contribution in [0.3, 0.4) is 0 Å². The molecule has 4 nitrogen and oxygen atoms in total. The van der Waals surface area contributed by atoms with Crippen LogP contribution in [0.5, 0.6) is 11.5 Å². The van der Waals surface area contributed by atoms with Gasteiger partial charge in [0.2, 0.25) is 0 Å². The number of aromatic nitrogens is 1. The van der Waals surface area contributed by atoms with Crippen LogP contribution >= 0.6 is 0 Å². The van der Waals surface area contributed by atoms with E-state index in [1.54, 1.807) is 14.2 Å². The third kappa shape index (κ3) is 4.04. The number of benzene rings is 1. The van der Waals surface area contributed by atoms with E-state index >= 15 is 0 Å². The lowest BCUT2D eigenvalue weighted by Gasteiger charge is -2.19. The molecule has 0 N–H and O–H groups in total. The molecule has 1 aromatic heterocycles. The number of nitrogens with zero attached hydrogens (tertiary/aromatic N) is 2. The van der Waals surface area contributed by atoms with Crippen LogP contribution in [0, 0.1) is 0 Å². The highest BCUT2D eigenvalue weighted by Crippen LogP contribution is 2.27. The van der Waals surface area contributed by atoms with Crippen molar-refractivity contribution < 1.29 is 9.47 Å². The molecule has 0 aliphatic carbocycles. The molecule has 0 aliphatic rings. The van der Waals surface area contributed by atoms with Gasteiger partial charge in [0.1, 0.15) is 11.5 Å². The molecule has 0 aliphatic heterocycles. The summed E-state index contributed by atoms with van der Waals surface area (Å²) in [6.07, 6.45) is 1.92. The van der Waals surface area contributed by atoms with E-state index in [2.05, 4.69) is 48.3 Å². The van der Waals surface area contributed by atoms with Crippen LogP contribution in [0.2, 0.25) is 19.6 Å². The largest absolute Gasteiger partial charge is 0.497 e. The van der Waals surface area contributed by atoms with Gasteiger partial charge >= 0.3 is 0 Å². The number of methoxy groups -OCH3 is 2. The molecule has 1 aromatic carbocycles. The number of ether oxygens (including phenoxy) is 2. The first-order chi connectivity index (χ1) is 10.9. The molecule has 5 heteroatoms. The fourth-order valence-electron chi connectivity index (χ4n) is 2.61. The zero-order valence-corrected chi connectivity index (χ0v) is 15.9. The molecule has 0 saturated carbocycles. The van der Waals surface area contributed by atoms with Gasteiger partial charge in [-0.3, -0.25) is 4.99 Å². The summed E-state index contributed by atoms with van der Waals surface area (Å²) in [6, 6.07) is 10.0. The first-order valence-electron chi connectivity index (χ1n) is 7.86. The fourth-order valence-corrected chi connectivity index (χ4v) is 4.29. The third-order valence-corrected chi connectivity index (χ3v) is 5.75. The quantitative estimate of drug-likeness (QED) is 0.596. The van der Waals surface area contributed by atoms with Gasteiger partial charge in [0.25, 0.3) is 0 Å². The summed E-state index contributed by atoms with van der Waals surface area (Å²) >= 11 is 0. The number of hydrogen-bond acceptors (Lipinski definition) is 3. The molecule has 1 heterocycles. The monoisotopic (exact) mass is 330 g/mol. The molecule has 0 radical (unpaired) electrons. The molecule has 0 unspecified atom stereocenters. The average Bonchev–Trinajstić information content (AvgIpc) is 2.95. The Morgan fingerprint density at radius 1 is 1.04 bits per heavy atom. The molecule has 0 saturated heterocycles. The van der Waals surface area contributed by atoms with Crippen LogP contribution in [-0.2, 0) is 6.54 Å². The van der Waals surface area contributed by atoms with Gasteiger partial charge in [-0.25, -0.2) is 0 Å². The Hall–Kier alpha value is -2.01. The smallest absolute Gasteiger partial charge is 0.124 e. The lowest BCUT2D eigenvalue weighted by molar-refractivity contribution is 0.394. The van der Waals surface area contributed by atoms with Gasteiger partial charge in [0, 0.05) is 30.1 Å². The van der Waals surface area contributed by atoms with E-state index in [1.165, 1.54) is 5.32 Å². The van der Waals surface area contributed by atoms with Crippen molar-refractivity contribution in [2.24, 2.45) is 4.99 Å². The van der Waals surface area contributed by atoms with Crippen molar-refractivity contribution in [1.29, 1.82) is 0 Å². The first kappa shape index (κ1) is 17.3. The second-order valence-electron chi connectivity index (χ2n) is 6.47. The van der Waals surface area contributed by atoms with Crippen molar-refractivity contribution in [2.45, 2.75) is 33.1 Å². The first-order valence-corrected chi connectivity index (χ1v) is 11.4. The van der Waals surface area contributed by atoms with E-state index in [1.807, 2.05) is 24.4 Å². The predicted molar refractivity (Wildman–Crippen MR) is 99.9 cm³/mol. The summed E-state index contributed by atoms with van der Waals surface area (Å²) in [5, 5.41) is 1.45. The molecule has 0 fully saturated rings. The van der Waals surface area contributed by atoms with Crippen LogP contribution in [0.15, 0.2) is 35.3 Å². The zero-order chi connectivity index (χ0) is 17.0. The van der Waals surface area contributed by atoms with Gasteiger partial charge in [-0.15, -0.1) is 0 Å². The lowest BCUT2D eigenvalue weighted by Crippen LogP contribution is -2.43. The van der Waals surface area contributed by atoms with Gasteiger partial charge in [0.15, 0.2) is 0 Å². The Balaban J connectivity index is 2.36. The summed E-state index contributed by atoms with van der Waals surface area (Å²) in [5.74, 6) is 1.48. The maximum atomic E-state index is 5.29. The van der Waals surface area contributed by atoms with Crippen molar-refractivity contribution >= 4 is 25.3 Å². The zero-order valence-electron chi connectivity index (χ0n) is 14.9. The molecular weight excluding hydrogens is 304 g/mol. The van der Waals surface area contributed by atoms with Gasteiger partial charge in [-0.2, -0.15) is 0 Å². The number of rotatable bonds is 6. The van der Waals surface area contributed by atoms with E-state index in [0.717, 1.165) is 29.4 Å². The van der Waals surface area contributed by atoms with Gasteiger partial charge in [0.05, 0.1) is 39.9 Å². The van der Waals surface area contributed by atoms with E-state index < -0.39 is 8.07 Å². The Morgan fingerprint density at radius 3 is 2.13 bits per heavy atom. The minimum absolute atomic E-state index is 0.741. The van der Waals surface area contributed by atoms with E-state index in [0.29, 0.717) is 0 Å². The Kier molecular flexibility index (Phi) is 5.31. The van der Waals surface area contributed by atoms with E-state index in [-0.39, 0.29) is 0 Å². The Bertz CT molecular complexity index is 677. The van der Waals surface area contributed by atoms with Crippen molar-refractivity contribution in [3.63, 3.8) is 0 Å². The summed E-state index contributed by atoms with van der Waals surface area (Å²) in [7, 11) is 1.93. The third-order valence-electron chi connectivity index (χ3n) is 3.78. The maximum absolute atomic E-state index is 5.29. The van der Waals surface area contributed by atoms with Crippen LogP contribution < -0.4 is 14.8 Å². The molecule has 2 aromatic rings. The predicted octanol–water partition coefficient (Wildman–Crippen LogP) is 3.82. The lowest BCUT2D eigenvalue weighted by atomic mass is 10.3. The standard InChI is InChI=1S/C18H26N2O2Si/c1-7-20-15(8-9-18(20)23(4,5)6)13-19-14-10-16(21-2)12-17(11-14)22-3/h8-13H,7H2,1-6H3. The van der Waals surface area contributed by atoms with Crippen molar-refractivity contribution in [3.8, 4) is 11.5 Å². The SMILES string of the molecule is CCn1c(C=Nc2cc(OC)cc(OC)c2)ccc1[Si](C)(C)C. The van der Waals surface area contributed by atoms with Crippen molar-refractivity contribution in [3.05, 3.63) is 36.0 Å². The second kappa shape index (κ2) is 7.04. The van der Waals surface area contributed by atoms with Gasteiger partial charge in [-0.1, -0.05) is 19.6 Å². The number of aliphatic imine (C=N–C) groups is 1. The molecule has 2 rings (SSSR count). The van der Waals surface area contributed by atoms with Crippen LogP contribution in [0.25, 0.3) is 0 Å². The molecule has 0 amide bonds. The molecular formula is C18H26N2O2Si. The maximum Gasteiger partial charge on any atom is 0.124 e. The topological polar surface area (TPSA) is 35.8 Å². The molecule has 0 atom stereocenters. The van der Waals surface area contributed by atoms with Gasteiger partial charge in [-0.05, 0) is 19.1 Å². The molecule has 23 heavy (non-hydrogen) atoms. The molecule has 0 bridgehead atoms. The van der Waals surface area contributed by atoms with Crippen molar-refractivity contribution in [2.75, 3.05) is 14.2 Å². The Labute approximate surface area is 139 Å². The summed E-state index contributed by atoms with van der Waals surface area (Å²) in [5.41, 5.74) is 1.95. The van der Waals surface area contributed by atoms with E-state index in [9.17, 15) is 0 Å². The summed E-state index contributed by atoms with van der Waals surface area (Å²) < 4.78 is 12.9. The normalized spacial score (nSPS) is 11.9.